The minimum absolute atomic E-state index is 0.0917. The predicted octanol–water partition coefficient (Wildman–Crippen LogP) is 6.13. The number of hydrogen-bond donors (Lipinski definition) is 0. The third-order valence-corrected chi connectivity index (χ3v) is 8.38. The van der Waals surface area contributed by atoms with Gasteiger partial charge in [-0.3, -0.25) is 9.59 Å². The van der Waals surface area contributed by atoms with Crippen molar-refractivity contribution in [3.8, 4) is 5.75 Å². The molecule has 0 aliphatic heterocycles. The Morgan fingerprint density at radius 3 is 1.80 bits per heavy atom. The molecule has 0 amide bonds. The van der Waals surface area contributed by atoms with Crippen LogP contribution in [0.4, 0.5) is 5.69 Å². The minimum atomic E-state index is -4.38. The van der Waals surface area contributed by atoms with Crippen LogP contribution in [0.1, 0.15) is 109 Å². The van der Waals surface area contributed by atoms with Gasteiger partial charge in [0.1, 0.15) is 11.1 Å². The molecule has 0 unspecified atom stereocenters. The molecule has 0 aliphatic carbocycles. The van der Waals surface area contributed by atoms with E-state index in [1.165, 1.54) is 6.42 Å². The Hall–Kier alpha value is -3.39. The van der Waals surface area contributed by atoms with Crippen LogP contribution in [0.3, 0.4) is 0 Å². The standard InChI is InChI=1S/C33H42N2O5S/c1-8-9-10-11-18-40-26-14-12-25(13-15-26)34-31-29(36)16-17-30(37)32(31)35-41(38,39)33-27(22(4)5)19-24(21(2)3)20-28(33)23(6)7/h12-17,19-23H,8-11,18H2,1-7H3. The van der Waals surface area contributed by atoms with Crippen LogP contribution in [-0.4, -0.2) is 15.0 Å². The summed E-state index contributed by atoms with van der Waals surface area (Å²) >= 11 is 0. The third-order valence-electron chi connectivity index (χ3n) is 6.97. The molecule has 0 aromatic heterocycles. The smallest absolute Gasteiger partial charge is 0.283 e. The van der Waals surface area contributed by atoms with Gasteiger partial charge in [-0.25, -0.2) is 4.99 Å². The van der Waals surface area contributed by atoms with Gasteiger partial charge in [0.05, 0.1) is 17.2 Å². The zero-order valence-corrected chi connectivity index (χ0v) is 26.0. The summed E-state index contributed by atoms with van der Waals surface area (Å²) in [6.07, 6.45) is 4.39. The van der Waals surface area contributed by atoms with E-state index in [-0.39, 0.29) is 28.0 Å². The molecule has 0 aliphatic rings. The number of benzene rings is 3. The Bertz CT molecular complexity index is 1650. The Kier molecular flexibility index (Phi) is 11.0. The van der Waals surface area contributed by atoms with Crippen LogP contribution in [0.25, 0.3) is 0 Å². The highest BCUT2D eigenvalue weighted by molar-refractivity contribution is 7.90. The van der Waals surface area contributed by atoms with Crippen LogP contribution in [0, 0.1) is 0 Å². The third kappa shape index (κ3) is 8.09. The monoisotopic (exact) mass is 578 g/mol. The zero-order valence-electron chi connectivity index (χ0n) is 25.2. The second kappa shape index (κ2) is 14.0. The van der Waals surface area contributed by atoms with Crippen molar-refractivity contribution in [2.24, 2.45) is 9.39 Å². The molecule has 0 N–H and O–H groups in total. The average molecular weight is 579 g/mol. The Balaban J connectivity index is 2.17. The van der Waals surface area contributed by atoms with Gasteiger partial charge in [0, 0.05) is 0 Å². The lowest BCUT2D eigenvalue weighted by molar-refractivity contribution is 0.305. The first-order valence-electron chi connectivity index (χ1n) is 14.5. The van der Waals surface area contributed by atoms with E-state index in [1.54, 1.807) is 24.3 Å². The van der Waals surface area contributed by atoms with E-state index in [0.29, 0.717) is 29.2 Å². The van der Waals surface area contributed by atoms with Gasteiger partial charge in [-0.05, 0) is 77.3 Å². The van der Waals surface area contributed by atoms with Crippen LogP contribution in [0.5, 0.6) is 5.75 Å². The van der Waals surface area contributed by atoms with E-state index < -0.39 is 26.2 Å². The summed E-state index contributed by atoms with van der Waals surface area (Å²) in [5, 5.41) is -0.781. The summed E-state index contributed by atoms with van der Waals surface area (Å²) in [4.78, 5) is 30.3. The Morgan fingerprint density at radius 1 is 0.732 bits per heavy atom. The highest BCUT2D eigenvalue weighted by Crippen LogP contribution is 2.35. The van der Waals surface area contributed by atoms with Crippen LogP contribution < -0.4 is 26.3 Å². The van der Waals surface area contributed by atoms with Gasteiger partial charge in [-0.2, -0.15) is 12.8 Å². The van der Waals surface area contributed by atoms with E-state index in [0.717, 1.165) is 37.0 Å². The molecule has 0 spiro atoms. The fourth-order valence-corrected chi connectivity index (χ4v) is 6.25. The van der Waals surface area contributed by atoms with Crippen LogP contribution >= 0.6 is 0 Å². The number of unbranched alkanes of at least 4 members (excludes halogenated alkanes) is 3. The molecular weight excluding hydrogens is 536 g/mol. The van der Waals surface area contributed by atoms with Crippen molar-refractivity contribution in [3.63, 3.8) is 0 Å². The maximum atomic E-state index is 13.9. The maximum Gasteiger partial charge on any atom is 0.283 e. The molecule has 0 fully saturated rings. The van der Waals surface area contributed by atoms with Crippen LogP contribution in [0.2, 0.25) is 0 Å². The van der Waals surface area contributed by atoms with E-state index in [1.807, 2.05) is 39.8 Å². The number of hydrogen-bond acceptors (Lipinski definition) is 6. The summed E-state index contributed by atoms with van der Waals surface area (Å²) in [7, 11) is -4.38. The largest absolute Gasteiger partial charge is 0.494 e. The molecule has 3 aromatic carbocycles. The molecule has 0 saturated heterocycles. The molecule has 0 atom stereocenters. The second-order valence-corrected chi connectivity index (χ2v) is 12.9. The lowest BCUT2D eigenvalue weighted by atomic mass is 9.89. The van der Waals surface area contributed by atoms with Crippen molar-refractivity contribution in [2.45, 2.75) is 96.8 Å². The van der Waals surface area contributed by atoms with Gasteiger partial charge in [0.2, 0.25) is 10.9 Å². The van der Waals surface area contributed by atoms with E-state index in [4.69, 9.17) is 4.74 Å². The molecule has 3 rings (SSSR count). The summed E-state index contributed by atoms with van der Waals surface area (Å²) in [5.41, 5.74) is 1.42. The SMILES string of the molecule is CCCCCCOc1ccc(N=c2c(=O)ccc(=O)c2=NS(=O)(=O)c2c(C(C)C)cc(C(C)C)cc2C(C)C)cc1. The quantitative estimate of drug-likeness (QED) is 0.241. The lowest BCUT2D eigenvalue weighted by Gasteiger charge is -2.21. The highest BCUT2D eigenvalue weighted by atomic mass is 32.2. The first kappa shape index (κ1) is 32.1. The van der Waals surface area contributed by atoms with Crippen molar-refractivity contribution in [1.82, 2.24) is 0 Å². The molecule has 0 saturated carbocycles. The molecule has 8 heteroatoms. The fourth-order valence-electron chi connectivity index (χ4n) is 4.56. The molecule has 3 aromatic rings. The van der Waals surface area contributed by atoms with Crippen molar-refractivity contribution in [2.75, 3.05) is 6.61 Å². The van der Waals surface area contributed by atoms with E-state index in [9.17, 15) is 18.0 Å². The van der Waals surface area contributed by atoms with E-state index >= 15 is 0 Å². The molecular formula is C33H42N2O5S. The van der Waals surface area contributed by atoms with Crippen molar-refractivity contribution < 1.29 is 13.2 Å². The maximum absolute atomic E-state index is 13.9. The number of ether oxygens (including phenoxy) is 1. The van der Waals surface area contributed by atoms with Gasteiger partial charge in [-0.1, -0.05) is 79.9 Å². The first-order chi connectivity index (χ1) is 19.4. The summed E-state index contributed by atoms with van der Waals surface area (Å²) in [5.74, 6) is 0.646. The molecule has 0 heterocycles. The van der Waals surface area contributed by atoms with Gasteiger partial charge < -0.3 is 4.74 Å². The minimum Gasteiger partial charge on any atom is -0.494 e. The molecule has 0 bridgehead atoms. The Labute approximate surface area is 243 Å². The molecule has 220 valence electrons. The Morgan fingerprint density at radius 2 is 1.29 bits per heavy atom. The van der Waals surface area contributed by atoms with Crippen LogP contribution in [-0.2, 0) is 10.0 Å². The van der Waals surface area contributed by atoms with Crippen molar-refractivity contribution >= 4 is 15.7 Å². The second-order valence-electron chi connectivity index (χ2n) is 11.3. The topological polar surface area (TPSA) is 102 Å². The molecule has 41 heavy (non-hydrogen) atoms. The predicted molar refractivity (Wildman–Crippen MR) is 164 cm³/mol. The average Bonchev–Trinajstić information content (AvgIpc) is 2.92. The van der Waals surface area contributed by atoms with Gasteiger partial charge in [0.15, 0.2) is 5.36 Å². The van der Waals surface area contributed by atoms with Gasteiger partial charge in [-0.15, -0.1) is 0 Å². The number of nitrogens with zero attached hydrogens (tertiary/aromatic N) is 2. The summed E-state index contributed by atoms with van der Waals surface area (Å²) in [6, 6.07) is 12.7. The first-order valence-corrected chi connectivity index (χ1v) is 15.9. The lowest BCUT2D eigenvalue weighted by Crippen LogP contribution is -2.48. The highest BCUT2D eigenvalue weighted by Gasteiger charge is 2.27. The number of sulfonamides is 1. The van der Waals surface area contributed by atoms with Gasteiger partial charge >= 0.3 is 0 Å². The van der Waals surface area contributed by atoms with Crippen molar-refractivity contribution in [1.29, 1.82) is 0 Å². The van der Waals surface area contributed by atoms with Crippen molar-refractivity contribution in [3.05, 3.63) is 96.4 Å². The van der Waals surface area contributed by atoms with Crippen LogP contribution in [0.15, 0.2) is 72.4 Å². The normalized spacial score (nSPS) is 13.1. The molecule has 0 radical (unpaired) electrons. The summed E-state index contributed by atoms with van der Waals surface area (Å²) < 4.78 is 37.7. The fraction of sp³-hybridized carbons (Fsp3) is 0.455. The zero-order chi connectivity index (χ0) is 30.3. The number of rotatable bonds is 12. The van der Waals surface area contributed by atoms with Gasteiger partial charge in [0.25, 0.3) is 10.0 Å². The summed E-state index contributed by atoms with van der Waals surface area (Å²) in [6.45, 7) is 14.6. The molecule has 7 nitrogen and oxygen atoms in total. The van der Waals surface area contributed by atoms with E-state index in [2.05, 4.69) is 30.2 Å².